The lowest BCUT2D eigenvalue weighted by atomic mass is 9.94. The molecule has 3 aliphatic rings. The molecule has 0 bridgehead atoms. The SMILES string of the molecule is Cc1nc(C2CCC(=O)NC2=O)ccc1N1CCC(N2CCN(C(=O)OC(C)(C)C)CC2=O)CC1. The number of nitrogens with one attached hydrogen (secondary N) is 1. The number of ether oxygens (including phenoxy) is 1. The second-order valence-electron chi connectivity index (χ2n) is 10.6. The number of carbonyl (C=O) groups excluding carboxylic acids is 4. The van der Waals surface area contributed by atoms with Gasteiger partial charge in [-0.05, 0) is 59.1 Å². The van der Waals surface area contributed by atoms with Gasteiger partial charge in [-0.25, -0.2) is 4.79 Å². The van der Waals surface area contributed by atoms with Crippen molar-refractivity contribution in [3.63, 3.8) is 0 Å². The van der Waals surface area contributed by atoms with E-state index in [1.165, 1.54) is 4.90 Å². The van der Waals surface area contributed by atoms with Crippen molar-refractivity contribution in [1.29, 1.82) is 0 Å². The molecule has 10 nitrogen and oxygen atoms in total. The van der Waals surface area contributed by atoms with Crippen LogP contribution in [0.15, 0.2) is 12.1 Å². The first-order chi connectivity index (χ1) is 16.5. The van der Waals surface area contributed by atoms with Crippen LogP contribution < -0.4 is 10.2 Å². The molecule has 35 heavy (non-hydrogen) atoms. The maximum Gasteiger partial charge on any atom is 0.410 e. The number of piperidine rings is 2. The van der Waals surface area contributed by atoms with Crippen LogP contribution in [0.3, 0.4) is 0 Å². The zero-order valence-corrected chi connectivity index (χ0v) is 21.0. The Bertz CT molecular complexity index is 1010. The summed E-state index contributed by atoms with van der Waals surface area (Å²) in [5, 5.41) is 2.39. The molecule has 0 aliphatic carbocycles. The number of piperazine rings is 1. The van der Waals surface area contributed by atoms with Crippen molar-refractivity contribution >= 4 is 29.5 Å². The van der Waals surface area contributed by atoms with Crippen molar-refractivity contribution in [3.8, 4) is 0 Å². The molecular weight excluding hydrogens is 450 g/mol. The molecule has 10 heteroatoms. The fourth-order valence-corrected chi connectivity index (χ4v) is 5.05. The number of hydrogen-bond donors (Lipinski definition) is 1. The third-order valence-corrected chi connectivity index (χ3v) is 6.83. The maximum atomic E-state index is 12.8. The van der Waals surface area contributed by atoms with Crippen LogP contribution >= 0.6 is 0 Å². The highest BCUT2D eigenvalue weighted by Crippen LogP contribution is 2.29. The minimum absolute atomic E-state index is 0.0352. The molecular formula is C25H35N5O5. The number of aryl methyl sites for hydroxylation is 1. The van der Waals surface area contributed by atoms with Crippen molar-refractivity contribution in [2.24, 2.45) is 0 Å². The second-order valence-corrected chi connectivity index (χ2v) is 10.6. The molecule has 4 rings (SSSR count). The number of rotatable bonds is 3. The van der Waals surface area contributed by atoms with Gasteiger partial charge < -0.3 is 14.5 Å². The number of imide groups is 1. The van der Waals surface area contributed by atoms with Gasteiger partial charge in [0.25, 0.3) is 0 Å². The number of aromatic nitrogens is 1. The van der Waals surface area contributed by atoms with Gasteiger partial charge in [-0.3, -0.25) is 29.6 Å². The fraction of sp³-hybridized carbons (Fsp3) is 0.640. The normalized spacial score (nSPS) is 22.3. The first-order valence-electron chi connectivity index (χ1n) is 12.4. The molecule has 0 radical (unpaired) electrons. The summed E-state index contributed by atoms with van der Waals surface area (Å²) in [6, 6.07) is 4.04. The molecule has 3 fully saturated rings. The fourth-order valence-electron chi connectivity index (χ4n) is 5.05. The van der Waals surface area contributed by atoms with Crippen LogP contribution in [0.4, 0.5) is 10.5 Å². The van der Waals surface area contributed by atoms with Gasteiger partial charge in [0.15, 0.2) is 0 Å². The Morgan fingerprint density at radius 2 is 1.77 bits per heavy atom. The molecule has 0 spiro atoms. The number of pyridine rings is 1. The molecule has 190 valence electrons. The number of hydrogen-bond acceptors (Lipinski definition) is 7. The van der Waals surface area contributed by atoms with E-state index < -0.39 is 17.6 Å². The van der Waals surface area contributed by atoms with Crippen LogP contribution in [0.1, 0.15) is 63.8 Å². The average molecular weight is 486 g/mol. The lowest BCUT2D eigenvalue weighted by Crippen LogP contribution is -2.57. The van der Waals surface area contributed by atoms with E-state index in [9.17, 15) is 19.2 Å². The van der Waals surface area contributed by atoms with Crippen LogP contribution in [0.2, 0.25) is 0 Å². The van der Waals surface area contributed by atoms with Crippen molar-refractivity contribution in [2.45, 2.75) is 70.9 Å². The van der Waals surface area contributed by atoms with Gasteiger partial charge in [-0.1, -0.05) is 0 Å². The van der Waals surface area contributed by atoms with Crippen molar-refractivity contribution in [3.05, 3.63) is 23.5 Å². The van der Waals surface area contributed by atoms with Gasteiger partial charge in [-0.15, -0.1) is 0 Å². The van der Waals surface area contributed by atoms with Gasteiger partial charge in [-0.2, -0.15) is 0 Å². The molecule has 0 saturated carbocycles. The van der Waals surface area contributed by atoms with Gasteiger partial charge in [0.1, 0.15) is 12.1 Å². The van der Waals surface area contributed by atoms with E-state index in [2.05, 4.69) is 10.2 Å². The van der Waals surface area contributed by atoms with Gasteiger partial charge in [0, 0.05) is 38.6 Å². The third-order valence-electron chi connectivity index (χ3n) is 6.83. The summed E-state index contributed by atoms with van der Waals surface area (Å²) in [6.07, 6.45) is 2.05. The molecule has 1 unspecified atom stereocenters. The molecule has 3 saturated heterocycles. The Balaban J connectivity index is 1.32. The summed E-state index contributed by atoms with van der Waals surface area (Å²) in [5.74, 6) is -0.936. The standard InChI is InChI=1S/C25H35N5O5/c1-16-20(7-6-19(26-16)18-5-8-21(31)27-23(18)33)28-11-9-17(10-12-28)30-14-13-29(15-22(30)32)24(34)35-25(2,3)4/h6-7,17-18H,5,8-15H2,1-4H3,(H,27,31,33). The highest BCUT2D eigenvalue weighted by molar-refractivity contribution is 6.00. The Kier molecular flexibility index (Phi) is 7.00. The molecule has 4 heterocycles. The maximum absolute atomic E-state index is 12.8. The van der Waals surface area contributed by atoms with Crippen molar-refractivity contribution in [1.82, 2.24) is 20.1 Å². The molecule has 0 aromatic carbocycles. The predicted molar refractivity (Wildman–Crippen MR) is 129 cm³/mol. The number of amides is 4. The monoisotopic (exact) mass is 485 g/mol. The van der Waals surface area contributed by atoms with Gasteiger partial charge in [0.05, 0.1) is 23.0 Å². The van der Waals surface area contributed by atoms with E-state index in [-0.39, 0.29) is 30.3 Å². The first kappa shape index (κ1) is 24.9. The molecule has 1 N–H and O–H groups in total. The van der Waals surface area contributed by atoms with Crippen LogP contribution in [-0.4, -0.2) is 83.0 Å². The highest BCUT2D eigenvalue weighted by atomic mass is 16.6. The summed E-state index contributed by atoms with van der Waals surface area (Å²) < 4.78 is 5.40. The van der Waals surface area contributed by atoms with Crippen LogP contribution in [0, 0.1) is 6.92 Å². The van der Waals surface area contributed by atoms with Crippen molar-refractivity contribution < 1.29 is 23.9 Å². The summed E-state index contributed by atoms with van der Waals surface area (Å²) in [6.45, 7) is 10.0. The van der Waals surface area contributed by atoms with E-state index >= 15 is 0 Å². The van der Waals surface area contributed by atoms with E-state index in [1.807, 2.05) is 44.7 Å². The molecule has 1 aromatic rings. The third kappa shape index (κ3) is 5.74. The van der Waals surface area contributed by atoms with E-state index in [1.54, 1.807) is 0 Å². The molecule has 4 amide bonds. The number of anilines is 1. The number of carbonyl (C=O) groups is 4. The van der Waals surface area contributed by atoms with E-state index in [0.717, 1.165) is 37.3 Å². The lowest BCUT2D eigenvalue weighted by molar-refractivity contribution is -0.139. The summed E-state index contributed by atoms with van der Waals surface area (Å²) in [7, 11) is 0. The van der Waals surface area contributed by atoms with E-state index in [0.29, 0.717) is 31.6 Å². The summed E-state index contributed by atoms with van der Waals surface area (Å²) >= 11 is 0. The van der Waals surface area contributed by atoms with Gasteiger partial charge >= 0.3 is 6.09 Å². The Morgan fingerprint density at radius 3 is 2.37 bits per heavy atom. The Hall–Kier alpha value is -3.17. The molecule has 3 aliphatic heterocycles. The summed E-state index contributed by atoms with van der Waals surface area (Å²) in [5.41, 5.74) is 1.99. The Morgan fingerprint density at radius 1 is 1.06 bits per heavy atom. The zero-order valence-electron chi connectivity index (χ0n) is 21.0. The number of nitrogens with zero attached hydrogens (tertiary/aromatic N) is 4. The topological polar surface area (TPSA) is 112 Å². The predicted octanol–water partition coefficient (Wildman–Crippen LogP) is 1.96. The van der Waals surface area contributed by atoms with Crippen molar-refractivity contribution in [2.75, 3.05) is 37.6 Å². The second kappa shape index (κ2) is 9.83. The summed E-state index contributed by atoms with van der Waals surface area (Å²) in [4.78, 5) is 59.1. The van der Waals surface area contributed by atoms with Gasteiger partial charge in [0.2, 0.25) is 17.7 Å². The van der Waals surface area contributed by atoms with E-state index in [4.69, 9.17) is 9.72 Å². The lowest BCUT2D eigenvalue weighted by Gasteiger charge is -2.43. The van der Waals surface area contributed by atoms with Crippen LogP contribution in [0.5, 0.6) is 0 Å². The van der Waals surface area contributed by atoms with Crippen LogP contribution in [-0.2, 0) is 19.1 Å². The highest BCUT2D eigenvalue weighted by Gasteiger charge is 2.35. The zero-order chi connectivity index (χ0) is 25.3. The minimum Gasteiger partial charge on any atom is -0.444 e. The quantitative estimate of drug-likeness (QED) is 0.652. The van der Waals surface area contributed by atoms with Crippen LogP contribution in [0.25, 0.3) is 0 Å². The largest absolute Gasteiger partial charge is 0.444 e. The minimum atomic E-state index is -0.586. The molecule has 1 aromatic heterocycles. The molecule has 1 atom stereocenters. The Labute approximate surface area is 206 Å². The first-order valence-corrected chi connectivity index (χ1v) is 12.4. The smallest absolute Gasteiger partial charge is 0.410 e. The average Bonchev–Trinajstić information content (AvgIpc) is 2.78.